The standard InChI is InChI=1S/C39H39ClN10O7/c40-25-3-12-32(50-22-41-44-45-50)33(20-25)48-15-16-49(38(55)37(48)54)34(36(53)42-26-4-11-30-24(18-26)19-31(43-30)39(56)57)17-23-1-5-28(6-2-23)47-14-13-46(21-35(47)52)27-7-9-29(51)10-8-27/h1-6,11-12,18-20,22,27,29,34,43,51H,7-10,13-17,21H2,(H,42,53)(H,56,57)/t27?,29?,34-/m0/s1. The molecule has 2 aromatic heterocycles. The van der Waals surface area contributed by atoms with Gasteiger partial charge in [0, 0.05) is 65.9 Å². The number of aliphatic hydroxyl groups is 1. The van der Waals surface area contributed by atoms with Crippen molar-refractivity contribution in [2.24, 2.45) is 0 Å². The Morgan fingerprint density at radius 1 is 0.877 bits per heavy atom. The third-order valence-electron chi connectivity index (χ3n) is 11.0. The van der Waals surface area contributed by atoms with Crippen molar-refractivity contribution in [3.63, 3.8) is 0 Å². The second-order valence-electron chi connectivity index (χ2n) is 14.5. The molecule has 0 unspecified atom stereocenters. The van der Waals surface area contributed by atoms with Gasteiger partial charge in [0.25, 0.3) is 0 Å². The molecule has 17 nitrogen and oxygen atoms in total. The first-order chi connectivity index (χ1) is 27.5. The fourth-order valence-electron chi connectivity index (χ4n) is 7.98. The summed E-state index contributed by atoms with van der Waals surface area (Å²) in [5, 5.41) is 34.4. The van der Waals surface area contributed by atoms with Crippen molar-refractivity contribution in [1.82, 2.24) is 35.0 Å². The van der Waals surface area contributed by atoms with Crippen LogP contribution in [0.25, 0.3) is 16.6 Å². The van der Waals surface area contributed by atoms with Gasteiger partial charge in [-0.2, -0.15) is 4.68 Å². The Labute approximate surface area is 330 Å². The molecular weight excluding hydrogens is 756 g/mol. The van der Waals surface area contributed by atoms with Gasteiger partial charge < -0.3 is 35.2 Å². The van der Waals surface area contributed by atoms with Gasteiger partial charge in [-0.25, -0.2) is 4.79 Å². The van der Waals surface area contributed by atoms with E-state index in [2.05, 4.69) is 30.7 Å². The quantitative estimate of drug-likeness (QED) is 0.151. The number of carbonyl (C=O) groups excluding carboxylic acids is 4. The molecule has 3 aliphatic rings. The van der Waals surface area contributed by atoms with Gasteiger partial charge in [-0.3, -0.25) is 24.1 Å². The maximum atomic E-state index is 14.2. The van der Waals surface area contributed by atoms with Gasteiger partial charge >= 0.3 is 17.8 Å². The number of nitrogens with zero attached hydrogens (tertiary/aromatic N) is 8. The number of aromatic nitrogens is 5. The zero-order valence-corrected chi connectivity index (χ0v) is 31.4. The highest BCUT2D eigenvalue weighted by atomic mass is 35.5. The van der Waals surface area contributed by atoms with Gasteiger partial charge in [0.2, 0.25) is 11.8 Å². The van der Waals surface area contributed by atoms with Crippen LogP contribution in [0, 0.1) is 0 Å². The number of carbonyl (C=O) groups is 5. The largest absolute Gasteiger partial charge is 0.477 e. The number of anilines is 3. The van der Waals surface area contributed by atoms with E-state index in [1.807, 2.05) is 24.3 Å². The fourth-order valence-corrected chi connectivity index (χ4v) is 8.15. The van der Waals surface area contributed by atoms with Crippen molar-refractivity contribution >= 4 is 69.2 Å². The van der Waals surface area contributed by atoms with Crippen LogP contribution in [0.15, 0.2) is 73.1 Å². The molecule has 57 heavy (non-hydrogen) atoms. The zero-order chi connectivity index (χ0) is 39.8. The lowest BCUT2D eigenvalue weighted by Crippen LogP contribution is -2.60. The van der Waals surface area contributed by atoms with Crippen LogP contribution in [0.2, 0.25) is 5.02 Å². The van der Waals surface area contributed by atoms with Crippen molar-refractivity contribution in [2.45, 2.75) is 50.3 Å². The third kappa shape index (κ3) is 7.81. The number of piperazine rings is 2. The van der Waals surface area contributed by atoms with E-state index in [4.69, 9.17) is 11.6 Å². The smallest absolute Gasteiger partial charge is 0.352 e. The van der Waals surface area contributed by atoms with E-state index in [1.165, 1.54) is 26.9 Å². The Kier molecular flexibility index (Phi) is 10.4. The van der Waals surface area contributed by atoms with Gasteiger partial charge in [-0.15, -0.1) is 5.10 Å². The van der Waals surface area contributed by atoms with Crippen molar-refractivity contribution in [2.75, 3.05) is 47.8 Å². The van der Waals surface area contributed by atoms with E-state index in [-0.39, 0.29) is 43.3 Å². The number of aromatic carboxylic acids is 1. The Bertz CT molecular complexity index is 2340. The summed E-state index contributed by atoms with van der Waals surface area (Å²) < 4.78 is 1.35. The highest BCUT2D eigenvalue weighted by Crippen LogP contribution is 2.31. The average Bonchev–Trinajstić information content (AvgIpc) is 3.90. The van der Waals surface area contributed by atoms with Crippen LogP contribution in [0.4, 0.5) is 17.1 Å². The minimum Gasteiger partial charge on any atom is -0.477 e. The number of fused-ring (bicyclic) bond motifs is 1. The molecule has 1 saturated carbocycles. The number of hydrogen-bond acceptors (Lipinski definition) is 10. The van der Waals surface area contributed by atoms with Crippen LogP contribution in [0.5, 0.6) is 0 Å². The highest BCUT2D eigenvalue weighted by molar-refractivity contribution is 6.41. The lowest BCUT2D eigenvalue weighted by Gasteiger charge is -2.41. The number of aliphatic hydroxyl groups excluding tert-OH is 1. The number of H-pyrrole nitrogens is 1. The summed E-state index contributed by atoms with van der Waals surface area (Å²) in [6.07, 6.45) is 4.37. The number of rotatable bonds is 10. The first kappa shape index (κ1) is 37.7. The molecule has 4 amide bonds. The second-order valence-corrected chi connectivity index (χ2v) is 14.9. The molecule has 2 saturated heterocycles. The molecule has 18 heteroatoms. The first-order valence-electron chi connectivity index (χ1n) is 18.7. The number of aromatic amines is 1. The Morgan fingerprint density at radius 2 is 1.65 bits per heavy atom. The van der Waals surface area contributed by atoms with Crippen LogP contribution in [-0.2, 0) is 25.6 Å². The number of benzene rings is 3. The first-order valence-corrected chi connectivity index (χ1v) is 19.0. The average molecular weight is 795 g/mol. The number of carboxylic acids is 1. The number of nitrogens with one attached hydrogen (secondary N) is 2. The van der Waals surface area contributed by atoms with Crippen LogP contribution < -0.4 is 15.1 Å². The molecule has 5 aromatic rings. The van der Waals surface area contributed by atoms with Gasteiger partial charge in [-0.05, 0) is 96.3 Å². The summed E-state index contributed by atoms with van der Waals surface area (Å²) in [4.78, 5) is 76.3. The zero-order valence-electron chi connectivity index (χ0n) is 30.6. The lowest BCUT2D eigenvalue weighted by atomic mass is 9.91. The monoisotopic (exact) mass is 794 g/mol. The predicted molar refractivity (Wildman–Crippen MR) is 208 cm³/mol. The van der Waals surface area contributed by atoms with Gasteiger partial charge in [0.05, 0.1) is 24.0 Å². The normalized spacial score (nSPS) is 20.0. The Morgan fingerprint density at radius 3 is 2.37 bits per heavy atom. The molecule has 3 fully saturated rings. The highest BCUT2D eigenvalue weighted by Gasteiger charge is 2.41. The number of hydrogen-bond donors (Lipinski definition) is 4. The SMILES string of the molecule is O=C(O)c1cc2cc(NC(=O)[C@H](Cc3ccc(N4CCN(C5CCC(O)CC5)CC4=O)cc3)N3CCN(c4cc(Cl)ccc4-n4cnnn4)C(=O)C3=O)ccc2[nH]1. The minimum absolute atomic E-state index is 0.000143. The molecule has 8 rings (SSSR count). The number of tetrazole rings is 1. The van der Waals surface area contributed by atoms with Crippen molar-refractivity contribution < 1.29 is 34.2 Å². The van der Waals surface area contributed by atoms with Crippen LogP contribution >= 0.6 is 11.6 Å². The van der Waals surface area contributed by atoms with Crippen molar-refractivity contribution in [1.29, 1.82) is 0 Å². The molecular formula is C39H39ClN10O7. The molecule has 3 aromatic carbocycles. The molecule has 1 aliphatic carbocycles. The molecule has 0 bridgehead atoms. The van der Waals surface area contributed by atoms with Gasteiger partial charge in [-0.1, -0.05) is 23.7 Å². The predicted octanol–water partition coefficient (Wildman–Crippen LogP) is 2.87. The van der Waals surface area contributed by atoms with E-state index >= 15 is 0 Å². The van der Waals surface area contributed by atoms with Crippen molar-refractivity contribution in [3.8, 4) is 5.69 Å². The topological polar surface area (TPSA) is 210 Å². The van der Waals surface area contributed by atoms with E-state index < -0.39 is 29.7 Å². The Hall–Kier alpha value is -6.17. The fraction of sp³-hybridized carbons (Fsp3) is 0.333. The summed E-state index contributed by atoms with van der Waals surface area (Å²) in [6.45, 7) is 1.57. The van der Waals surface area contributed by atoms with Crippen LogP contribution in [0.3, 0.4) is 0 Å². The second kappa shape index (κ2) is 15.8. The van der Waals surface area contributed by atoms with E-state index in [0.29, 0.717) is 57.3 Å². The van der Waals surface area contributed by atoms with Gasteiger partial charge in [0.15, 0.2) is 0 Å². The third-order valence-corrected chi connectivity index (χ3v) is 11.2. The van der Waals surface area contributed by atoms with Crippen molar-refractivity contribution in [3.05, 3.63) is 89.3 Å². The molecule has 2 aliphatic heterocycles. The summed E-state index contributed by atoms with van der Waals surface area (Å²) in [7, 11) is 0. The summed E-state index contributed by atoms with van der Waals surface area (Å²) >= 11 is 6.32. The van der Waals surface area contributed by atoms with Crippen LogP contribution in [-0.4, -0.2) is 126 Å². The summed E-state index contributed by atoms with van der Waals surface area (Å²) in [5.74, 6) is -3.47. The molecule has 4 N–H and O–H groups in total. The summed E-state index contributed by atoms with van der Waals surface area (Å²) in [5.41, 5.74) is 3.07. The lowest BCUT2D eigenvalue weighted by molar-refractivity contribution is -0.149. The molecule has 0 spiro atoms. The maximum Gasteiger partial charge on any atom is 0.352 e. The Balaban J connectivity index is 1.03. The van der Waals surface area contributed by atoms with E-state index in [0.717, 1.165) is 32.2 Å². The molecule has 1 atom stereocenters. The number of carboxylic acid groups (broad SMARTS) is 1. The number of amides is 4. The maximum absolute atomic E-state index is 14.2. The summed E-state index contributed by atoms with van der Waals surface area (Å²) in [6, 6.07) is 17.5. The van der Waals surface area contributed by atoms with Crippen LogP contribution in [0.1, 0.15) is 41.7 Å². The molecule has 0 radical (unpaired) electrons. The van der Waals surface area contributed by atoms with E-state index in [9.17, 15) is 34.2 Å². The number of halogens is 1. The minimum atomic E-state index is -1.14. The van der Waals surface area contributed by atoms with Gasteiger partial charge in [0.1, 0.15) is 18.1 Å². The molecule has 4 heterocycles. The molecule has 294 valence electrons. The van der Waals surface area contributed by atoms with E-state index in [1.54, 1.807) is 41.3 Å².